The van der Waals surface area contributed by atoms with Crippen LogP contribution in [0.1, 0.15) is 57.5 Å². The van der Waals surface area contributed by atoms with E-state index in [1.54, 1.807) is 41.5 Å². The fourth-order valence-electron chi connectivity index (χ4n) is 2.97. The van der Waals surface area contributed by atoms with Crippen molar-refractivity contribution in [3.05, 3.63) is 31.3 Å². The first-order chi connectivity index (χ1) is 14.1. The predicted molar refractivity (Wildman–Crippen MR) is 114 cm³/mol. The molecule has 0 amide bonds. The van der Waals surface area contributed by atoms with Crippen LogP contribution < -0.4 is 11.2 Å². The Kier molecular flexibility index (Phi) is 7.19. The van der Waals surface area contributed by atoms with Crippen molar-refractivity contribution in [2.75, 3.05) is 6.54 Å². The van der Waals surface area contributed by atoms with E-state index in [4.69, 9.17) is 4.74 Å². The number of hydrogen-bond acceptors (Lipinski definition) is 6. The summed E-state index contributed by atoms with van der Waals surface area (Å²) < 4.78 is 45.6. The Hall–Kier alpha value is -2.43. The molecule has 0 aromatic carbocycles. The molecule has 0 aliphatic heterocycles. The van der Waals surface area contributed by atoms with Crippen LogP contribution in [0.2, 0.25) is 0 Å². The van der Waals surface area contributed by atoms with Crippen molar-refractivity contribution >= 4 is 33.7 Å². The molecule has 0 atom stereocenters. The molecule has 0 unspecified atom stereocenters. The van der Waals surface area contributed by atoms with Gasteiger partial charge < -0.3 is 4.74 Å². The lowest BCUT2D eigenvalue weighted by atomic mass is 10.2. The van der Waals surface area contributed by atoms with Crippen LogP contribution in [0.15, 0.2) is 14.6 Å². The molecule has 0 N–H and O–H groups in total. The third kappa shape index (κ3) is 6.05. The minimum absolute atomic E-state index is 0.160. The molecule has 0 spiro atoms. The molecular formula is C20H26F3N3O4S. The minimum Gasteiger partial charge on any atom is -0.459 e. The van der Waals surface area contributed by atoms with E-state index < -0.39 is 48.0 Å². The highest BCUT2D eigenvalue weighted by molar-refractivity contribution is 7.20. The first-order valence-corrected chi connectivity index (χ1v) is 10.5. The van der Waals surface area contributed by atoms with E-state index in [2.05, 4.69) is 4.99 Å². The molecule has 2 rings (SSSR count). The van der Waals surface area contributed by atoms with Gasteiger partial charge in [0, 0.05) is 18.8 Å². The topological polar surface area (TPSA) is 82.7 Å². The molecule has 0 radical (unpaired) electrons. The molecule has 2 aromatic heterocycles. The van der Waals surface area contributed by atoms with Crippen LogP contribution in [0.25, 0.3) is 10.2 Å². The van der Waals surface area contributed by atoms with Crippen LogP contribution in [0, 0.1) is 6.92 Å². The van der Waals surface area contributed by atoms with E-state index in [0.29, 0.717) is 10.4 Å². The fraction of sp³-hybridized carbons (Fsp3) is 0.600. The van der Waals surface area contributed by atoms with E-state index in [-0.39, 0.29) is 16.8 Å². The Morgan fingerprint density at radius 3 is 2.35 bits per heavy atom. The van der Waals surface area contributed by atoms with Crippen molar-refractivity contribution in [2.24, 2.45) is 4.99 Å². The van der Waals surface area contributed by atoms with Gasteiger partial charge in [-0.3, -0.25) is 23.7 Å². The molecule has 0 bridgehead atoms. The van der Waals surface area contributed by atoms with Crippen LogP contribution >= 0.6 is 11.3 Å². The normalized spacial score (nSPS) is 13.0. The van der Waals surface area contributed by atoms with E-state index >= 15 is 0 Å². The highest BCUT2D eigenvalue weighted by Crippen LogP contribution is 2.28. The number of thiophene rings is 1. The number of carbonyl (C=O) groups excluding carboxylic acids is 1. The van der Waals surface area contributed by atoms with Crippen molar-refractivity contribution in [3.63, 3.8) is 0 Å². The second kappa shape index (κ2) is 8.97. The SMILES string of the molecule is Cc1c(C=NCC(=O)OC(C)(C)C)sc2c1c(=O)n(C(C)C)c(=O)n2CCC(F)(F)F. The summed E-state index contributed by atoms with van der Waals surface area (Å²) in [5, 5.41) is 0.180. The van der Waals surface area contributed by atoms with Crippen LogP contribution in [0.4, 0.5) is 13.2 Å². The number of aryl methyl sites for hydroxylation is 2. The number of alkyl halides is 3. The number of esters is 1. The lowest BCUT2D eigenvalue weighted by molar-refractivity contribution is -0.152. The first-order valence-electron chi connectivity index (χ1n) is 9.69. The maximum Gasteiger partial charge on any atom is 0.390 e. The van der Waals surface area contributed by atoms with Crippen molar-refractivity contribution in [1.29, 1.82) is 0 Å². The maximum absolute atomic E-state index is 12.9. The van der Waals surface area contributed by atoms with Gasteiger partial charge in [0.2, 0.25) is 0 Å². The quantitative estimate of drug-likeness (QED) is 0.484. The zero-order valence-electron chi connectivity index (χ0n) is 18.3. The zero-order chi connectivity index (χ0) is 23.7. The summed E-state index contributed by atoms with van der Waals surface area (Å²) in [4.78, 5) is 42.2. The van der Waals surface area contributed by atoms with Crippen LogP contribution in [0.5, 0.6) is 0 Å². The number of halogens is 3. The van der Waals surface area contributed by atoms with Gasteiger partial charge in [-0.2, -0.15) is 13.2 Å². The van der Waals surface area contributed by atoms with E-state index in [9.17, 15) is 27.6 Å². The molecule has 0 fully saturated rings. The summed E-state index contributed by atoms with van der Waals surface area (Å²) in [6, 6.07) is -0.523. The lowest BCUT2D eigenvalue weighted by Gasteiger charge is -2.18. The maximum atomic E-state index is 12.9. The number of aromatic nitrogens is 2. The molecule has 0 saturated heterocycles. The molecule has 7 nitrogen and oxygen atoms in total. The predicted octanol–water partition coefficient (Wildman–Crippen LogP) is 3.83. The Labute approximate surface area is 181 Å². The third-order valence-corrected chi connectivity index (χ3v) is 5.51. The van der Waals surface area contributed by atoms with Gasteiger partial charge in [-0.15, -0.1) is 11.3 Å². The lowest BCUT2D eigenvalue weighted by Crippen LogP contribution is -2.41. The monoisotopic (exact) mass is 461 g/mol. The average Bonchev–Trinajstić information content (AvgIpc) is 2.88. The van der Waals surface area contributed by atoms with E-state index in [0.717, 1.165) is 20.5 Å². The fourth-order valence-corrected chi connectivity index (χ4v) is 4.19. The largest absolute Gasteiger partial charge is 0.459 e. The van der Waals surface area contributed by atoms with Crippen LogP contribution in [0.3, 0.4) is 0 Å². The molecule has 172 valence electrons. The number of carbonyl (C=O) groups is 1. The van der Waals surface area contributed by atoms with E-state index in [1.165, 1.54) is 6.21 Å². The summed E-state index contributed by atoms with van der Waals surface area (Å²) in [5.41, 5.74) is -1.50. The number of hydrogen-bond donors (Lipinski definition) is 0. The van der Waals surface area contributed by atoms with Gasteiger partial charge in [0.15, 0.2) is 0 Å². The molecule has 0 aliphatic carbocycles. The summed E-state index contributed by atoms with van der Waals surface area (Å²) >= 11 is 0.996. The van der Waals surface area contributed by atoms with Gasteiger partial charge in [0.25, 0.3) is 5.56 Å². The molecule has 11 heteroatoms. The summed E-state index contributed by atoms with van der Waals surface area (Å²) in [6.45, 7) is 9.21. The second-order valence-electron chi connectivity index (χ2n) is 8.40. The Balaban J connectivity index is 2.55. The Morgan fingerprint density at radius 1 is 1.23 bits per heavy atom. The van der Waals surface area contributed by atoms with Gasteiger partial charge in [-0.25, -0.2) is 4.79 Å². The number of fused-ring (bicyclic) bond motifs is 1. The summed E-state index contributed by atoms with van der Waals surface area (Å²) in [5.74, 6) is -0.535. The smallest absolute Gasteiger partial charge is 0.390 e. The summed E-state index contributed by atoms with van der Waals surface area (Å²) in [6.07, 6.45) is -4.27. The number of rotatable bonds is 6. The highest BCUT2D eigenvalue weighted by Gasteiger charge is 2.29. The number of ether oxygens (including phenoxy) is 1. The Morgan fingerprint density at radius 2 is 1.84 bits per heavy atom. The first kappa shape index (κ1) is 24.8. The second-order valence-corrected chi connectivity index (χ2v) is 9.43. The molecular weight excluding hydrogens is 435 g/mol. The van der Waals surface area contributed by atoms with Gasteiger partial charge in [0.05, 0.1) is 16.7 Å². The minimum atomic E-state index is -4.45. The molecule has 0 saturated carbocycles. The third-order valence-electron chi connectivity index (χ3n) is 4.26. The van der Waals surface area contributed by atoms with Gasteiger partial charge >= 0.3 is 17.8 Å². The average molecular weight is 462 g/mol. The van der Waals surface area contributed by atoms with Gasteiger partial charge in [0.1, 0.15) is 17.0 Å². The zero-order valence-corrected chi connectivity index (χ0v) is 19.1. The van der Waals surface area contributed by atoms with Crippen LogP contribution in [-0.4, -0.2) is 39.6 Å². The van der Waals surface area contributed by atoms with Crippen molar-refractivity contribution in [3.8, 4) is 0 Å². The number of nitrogens with zero attached hydrogens (tertiary/aromatic N) is 3. The van der Waals surface area contributed by atoms with E-state index in [1.807, 2.05) is 0 Å². The molecule has 0 aliphatic rings. The Bertz CT molecular complexity index is 1120. The number of aliphatic imine (C=N–C) groups is 1. The summed E-state index contributed by atoms with van der Waals surface area (Å²) in [7, 11) is 0. The van der Waals surface area contributed by atoms with Crippen molar-refractivity contribution in [1.82, 2.24) is 9.13 Å². The van der Waals surface area contributed by atoms with Gasteiger partial charge in [-0.1, -0.05) is 0 Å². The van der Waals surface area contributed by atoms with Crippen molar-refractivity contribution in [2.45, 2.75) is 72.3 Å². The molecule has 2 aromatic rings. The van der Waals surface area contributed by atoms with Crippen LogP contribution in [-0.2, 0) is 16.1 Å². The highest BCUT2D eigenvalue weighted by atomic mass is 32.1. The molecule has 2 heterocycles. The van der Waals surface area contributed by atoms with Crippen molar-refractivity contribution < 1.29 is 22.7 Å². The standard InChI is InChI=1S/C20H26F3N3O4S/c1-11(2)26-16(28)15-12(3)13(9-24-10-14(27)30-19(4,5)6)31-17(15)25(18(26)29)8-7-20(21,22)23/h9,11H,7-8,10H2,1-6H3. The van der Waals surface area contributed by atoms with Gasteiger partial charge in [-0.05, 0) is 47.1 Å². The molecule has 31 heavy (non-hydrogen) atoms.